The fourth-order valence-corrected chi connectivity index (χ4v) is 2.00. The Labute approximate surface area is 100 Å². The average molecular weight is 228 g/mol. The molecule has 16 heavy (non-hydrogen) atoms. The van der Waals surface area contributed by atoms with Gasteiger partial charge < -0.3 is 10.6 Å². The lowest BCUT2D eigenvalue weighted by molar-refractivity contribution is -0.122. The Bertz CT molecular complexity index is 197. The van der Waals surface area contributed by atoms with E-state index in [9.17, 15) is 4.79 Å². The molecule has 0 saturated heterocycles. The second-order valence-electron chi connectivity index (χ2n) is 5.88. The van der Waals surface area contributed by atoms with Gasteiger partial charge in [0.2, 0.25) is 5.91 Å². The molecular weight excluding hydrogens is 200 g/mol. The molecule has 0 radical (unpaired) electrons. The molecule has 0 aromatic carbocycles. The molecule has 3 heteroatoms. The number of hydrogen-bond acceptors (Lipinski definition) is 2. The number of carbonyl (C=O) groups is 1. The molecule has 3 nitrogen and oxygen atoms in total. The second-order valence-corrected chi connectivity index (χ2v) is 5.88. The summed E-state index contributed by atoms with van der Waals surface area (Å²) in [5.41, 5.74) is 0.311. The number of carbonyl (C=O) groups excluding carboxylic acids is 1. The van der Waals surface area contributed by atoms with Crippen molar-refractivity contribution in [2.24, 2.45) is 11.3 Å². The Morgan fingerprint density at radius 2 is 1.88 bits per heavy atom. The third-order valence-corrected chi connectivity index (χ3v) is 2.42. The van der Waals surface area contributed by atoms with Crippen molar-refractivity contribution in [3.05, 3.63) is 0 Å². The lowest BCUT2D eigenvalue weighted by atomic mass is 9.84. The molecule has 1 amide bonds. The molecule has 0 aliphatic carbocycles. The maximum Gasteiger partial charge on any atom is 0.220 e. The average Bonchev–Trinajstić information content (AvgIpc) is 2.09. The zero-order valence-corrected chi connectivity index (χ0v) is 11.5. The van der Waals surface area contributed by atoms with Gasteiger partial charge in [0, 0.05) is 13.0 Å². The van der Waals surface area contributed by atoms with Gasteiger partial charge in [-0.1, -0.05) is 27.7 Å². The Morgan fingerprint density at radius 1 is 1.25 bits per heavy atom. The van der Waals surface area contributed by atoms with Crippen LogP contribution in [0.4, 0.5) is 0 Å². The predicted molar refractivity (Wildman–Crippen MR) is 69.4 cm³/mol. The summed E-state index contributed by atoms with van der Waals surface area (Å²) in [4.78, 5) is 11.6. The highest BCUT2D eigenvalue weighted by Crippen LogP contribution is 2.25. The summed E-state index contributed by atoms with van der Waals surface area (Å²) >= 11 is 0. The maximum absolute atomic E-state index is 11.6. The summed E-state index contributed by atoms with van der Waals surface area (Å²) in [5, 5.41) is 6.02. The lowest BCUT2D eigenvalue weighted by Crippen LogP contribution is -2.28. The SMILES string of the molecule is CNCCCNC(=O)CC(C)CC(C)(C)C. The molecular formula is C13H28N2O. The van der Waals surface area contributed by atoms with Crippen molar-refractivity contribution in [2.45, 2.75) is 47.0 Å². The second kappa shape index (κ2) is 7.66. The van der Waals surface area contributed by atoms with Crippen LogP contribution in [0, 0.1) is 11.3 Å². The first-order chi connectivity index (χ1) is 7.35. The highest BCUT2D eigenvalue weighted by molar-refractivity contribution is 5.76. The van der Waals surface area contributed by atoms with E-state index in [2.05, 4.69) is 38.3 Å². The standard InChI is InChI=1S/C13H28N2O/c1-11(10-13(2,3)4)9-12(16)15-8-6-7-14-5/h11,14H,6-10H2,1-5H3,(H,15,16). The van der Waals surface area contributed by atoms with E-state index >= 15 is 0 Å². The van der Waals surface area contributed by atoms with Crippen molar-refractivity contribution >= 4 is 5.91 Å². The fraction of sp³-hybridized carbons (Fsp3) is 0.923. The van der Waals surface area contributed by atoms with Crippen LogP contribution in [-0.2, 0) is 4.79 Å². The van der Waals surface area contributed by atoms with Gasteiger partial charge in [0.1, 0.15) is 0 Å². The van der Waals surface area contributed by atoms with Crippen LogP contribution in [0.1, 0.15) is 47.0 Å². The van der Waals surface area contributed by atoms with Crippen molar-refractivity contribution in [1.29, 1.82) is 0 Å². The smallest absolute Gasteiger partial charge is 0.220 e. The number of nitrogens with one attached hydrogen (secondary N) is 2. The first kappa shape index (κ1) is 15.4. The van der Waals surface area contributed by atoms with Crippen molar-refractivity contribution in [2.75, 3.05) is 20.1 Å². The van der Waals surface area contributed by atoms with Crippen LogP contribution in [-0.4, -0.2) is 26.0 Å². The zero-order chi connectivity index (χ0) is 12.6. The first-order valence-electron chi connectivity index (χ1n) is 6.26. The molecule has 0 aliphatic rings. The van der Waals surface area contributed by atoms with Gasteiger partial charge in [-0.2, -0.15) is 0 Å². The Balaban J connectivity index is 3.62. The van der Waals surface area contributed by atoms with Crippen molar-refractivity contribution in [3.8, 4) is 0 Å². The molecule has 0 fully saturated rings. The summed E-state index contributed by atoms with van der Waals surface area (Å²) in [7, 11) is 1.92. The largest absolute Gasteiger partial charge is 0.356 e. The third kappa shape index (κ3) is 9.97. The minimum atomic E-state index is 0.188. The molecule has 0 saturated carbocycles. The van der Waals surface area contributed by atoms with Crippen LogP contribution < -0.4 is 10.6 Å². The van der Waals surface area contributed by atoms with E-state index in [1.165, 1.54) is 0 Å². The van der Waals surface area contributed by atoms with E-state index in [0.29, 0.717) is 17.8 Å². The lowest BCUT2D eigenvalue weighted by Gasteiger charge is -2.22. The number of rotatable bonds is 7. The van der Waals surface area contributed by atoms with E-state index in [1.54, 1.807) is 0 Å². The third-order valence-electron chi connectivity index (χ3n) is 2.42. The van der Waals surface area contributed by atoms with Gasteiger partial charge >= 0.3 is 0 Å². The van der Waals surface area contributed by atoms with E-state index < -0.39 is 0 Å². The molecule has 0 aliphatic heterocycles. The summed E-state index contributed by atoms with van der Waals surface area (Å²) < 4.78 is 0. The normalized spacial score (nSPS) is 13.6. The van der Waals surface area contributed by atoms with Crippen LogP contribution in [0.3, 0.4) is 0 Å². The van der Waals surface area contributed by atoms with E-state index in [1.807, 2.05) is 7.05 Å². The van der Waals surface area contributed by atoms with Crippen LogP contribution in [0.25, 0.3) is 0 Å². The van der Waals surface area contributed by atoms with Crippen LogP contribution in [0.2, 0.25) is 0 Å². The van der Waals surface area contributed by atoms with Crippen LogP contribution >= 0.6 is 0 Å². The first-order valence-corrected chi connectivity index (χ1v) is 6.26. The van der Waals surface area contributed by atoms with Crippen molar-refractivity contribution in [1.82, 2.24) is 10.6 Å². The Kier molecular flexibility index (Phi) is 7.39. The molecule has 0 heterocycles. The minimum absolute atomic E-state index is 0.188. The zero-order valence-electron chi connectivity index (χ0n) is 11.5. The minimum Gasteiger partial charge on any atom is -0.356 e. The summed E-state index contributed by atoms with van der Waals surface area (Å²) in [6, 6.07) is 0. The molecule has 0 rings (SSSR count). The molecule has 0 bridgehead atoms. The molecule has 96 valence electrons. The molecule has 1 unspecified atom stereocenters. The Hall–Kier alpha value is -0.570. The fourth-order valence-electron chi connectivity index (χ4n) is 2.00. The Morgan fingerprint density at radius 3 is 2.38 bits per heavy atom. The van der Waals surface area contributed by atoms with Gasteiger partial charge in [-0.15, -0.1) is 0 Å². The quantitative estimate of drug-likeness (QED) is 0.656. The van der Waals surface area contributed by atoms with Gasteiger partial charge in [-0.05, 0) is 37.8 Å². The van der Waals surface area contributed by atoms with Crippen LogP contribution in [0.5, 0.6) is 0 Å². The topological polar surface area (TPSA) is 41.1 Å². The molecule has 0 aromatic rings. The van der Waals surface area contributed by atoms with Crippen molar-refractivity contribution in [3.63, 3.8) is 0 Å². The maximum atomic E-state index is 11.6. The monoisotopic (exact) mass is 228 g/mol. The van der Waals surface area contributed by atoms with Crippen molar-refractivity contribution < 1.29 is 4.79 Å². The summed E-state index contributed by atoms with van der Waals surface area (Å²) in [5.74, 6) is 0.650. The van der Waals surface area contributed by atoms with Gasteiger partial charge in [-0.3, -0.25) is 4.79 Å². The predicted octanol–water partition coefficient (Wildman–Crippen LogP) is 2.17. The number of amides is 1. The molecule has 2 N–H and O–H groups in total. The molecule has 0 aromatic heterocycles. The summed E-state index contributed by atoms with van der Waals surface area (Å²) in [6.07, 6.45) is 2.74. The highest BCUT2D eigenvalue weighted by Gasteiger charge is 2.17. The van der Waals surface area contributed by atoms with E-state index in [4.69, 9.17) is 0 Å². The van der Waals surface area contributed by atoms with E-state index in [0.717, 1.165) is 25.9 Å². The van der Waals surface area contributed by atoms with Gasteiger partial charge in [0.15, 0.2) is 0 Å². The van der Waals surface area contributed by atoms with Gasteiger partial charge in [0.25, 0.3) is 0 Å². The van der Waals surface area contributed by atoms with Crippen LogP contribution in [0.15, 0.2) is 0 Å². The summed E-state index contributed by atoms with van der Waals surface area (Å²) in [6.45, 7) is 10.5. The van der Waals surface area contributed by atoms with E-state index in [-0.39, 0.29) is 5.91 Å². The van der Waals surface area contributed by atoms with Gasteiger partial charge in [-0.25, -0.2) is 0 Å². The molecule has 0 spiro atoms. The highest BCUT2D eigenvalue weighted by atomic mass is 16.1. The molecule has 1 atom stereocenters. The van der Waals surface area contributed by atoms with Gasteiger partial charge in [0.05, 0.1) is 0 Å². The number of hydrogen-bond donors (Lipinski definition) is 2.